The molecule has 1 aromatic heterocycles. The Morgan fingerprint density at radius 1 is 1.44 bits per heavy atom. The van der Waals surface area contributed by atoms with Gasteiger partial charge >= 0.3 is 5.97 Å². The summed E-state index contributed by atoms with van der Waals surface area (Å²) in [6.07, 6.45) is 2.65. The maximum atomic E-state index is 11.4. The van der Waals surface area contributed by atoms with Gasteiger partial charge in [-0.1, -0.05) is 13.8 Å². The summed E-state index contributed by atoms with van der Waals surface area (Å²) in [5.74, 6) is 0.670. The van der Waals surface area contributed by atoms with Crippen LogP contribution in [0.1, 0.15) is 20.3 Å². The second kappa shape index (κ2) is 7.71. The molecule has 0 aliphatic rings. The normalized spacial score (nSPS) is 10.8. The number of hydrogen-bond donors (Lipinski definition) is 1. The second-order valence-corrected chi connectivity index (χ2v) is 4.45. The summed E-state index contributed by atoms with van der Waals surface area (Å²) in [6.45, 7) is 5.75. The van der Waals surface area contributed by atoms with Gasteiger partial charge in [0.1, 0.15) is 19.0 Å². The van der Waals surface area contributed by atoms with Gasteiger partial charge in [-0.15, -0.1) is 0 Å². The fourth-order valence-electron chi connectivity index (χ4n) is 1.28. The van der Waals surface area contributed by atoms with Crippen molar-refractivity contribution in [1.82, 2.24) is 9.78 Å². The van der Waals surface area contributed by atoms with Gasteiger partial charge in [-0.3, -0.25) is 9.48 Å². The monoisotopic (exact) mass is 255 g/mol. The molecule has 0 aromatic carbocycles. The molecular weight excluding hydrogens is 234 g/mol. The number of nitrogens with zero attached hydrogens (tertiary/aromatic N) is 2. The summed E-state index contributed by atoms with van der Waals surface area (Å²) in [7, 11) is 0. The number of esters is 1. The van der Waals surface area contributed by atoms with Crippen molar-refractivity contribution in [3.63, 3.8) is 0 Å². The van der Waals surface area contributed by atoms with E-state index < -0.39 is 0 Å². The highest BCUT2D eigenvalue weighted by atomic mass is 16.6. The number of aromatic nitrogens is 2. The van der Waals surface area contributed by atoms with Crippen LogP contribution in [-0.2, 0) is 20.8 Å². The summed E-state index contributed by atoms with van der Waals surface area (Å²) < 4.78 is 11.8. The summed E-state index contributed by atoms with van der Waals surface area (Å²) in [5.41, 5.74) is 5.43. The van der Waals surface area contributed by atoms with Crippen molar-refractivity contribution < 1.29 is 14.3 Å². The van der Waals surface area contributed by atoms with E-state index >= 15 is 0 Å². The molecule has 1 rings (SSSR count). The lowest BCUT2D eigenvalue weighted by atomic mass is 10.1. The topological polar surface area (TPSA) is 79.4 Å². The Kier molecular flexibility index (Phi) is 6.21. The van der Waals surface area contributed by atoms with Crippen molar-refractivity contribution in [2.24, 2.45) is 5.92 Å². The van der Waals surface area contributed by atoms with E-state index in [4.69, 9.17) is 15.2 Å². The zero-order valence-corrected chi connectivity index (χ0v) is 11.0. The van der Waals surface area contributed by atoms with Crippen LogP contribution in [0.5, 0.6) is 0 Å². The van der Waals surface area contributed by atoms with Crippen LogP contribution in [0.2, 0.25) is 0 Å². The van der Waals surface area contributed by atoms with Crippen LogP contribution in [0.15, 0.2) is 12.3 Å². The van der Waals surface area contributed by atoms with Gasteiger partial charge in [0.15, 0.2) is 0 Å². The van der Waals surface area contributed by atoms with Crippen molar-refractivity contribution in [3.8, 4) is 0 Å². The second-order valence-electron chi connectivity index (χ2n) is 4.45. The van der Waals surface area contributed by atoms with Crippen molar-refractivity contribution in [2.45, 2.75) is 26.8 Å². The predicted molar refractivity (Wildman–Crippen MR) is 67.9 cm³/mol. The van der Waals surface area contributed by atoms with Gasteiger partial charge in [0.2, 0.25) is 0 Å². The molecule has 0 atom stereocenters. The first kappa shape index (κ1) is 14.5. The molecule has 0 aliphatic carbocycles. The molecule has 0 saturated carbocycles. The lowest BCUT2D eigenvalue weighted by molar-refractivity contribution is -0.146. The fraction of sp³-hybridized carbons (Fsp3) is 0.667. The molecule has 6 heteroatoms. The highest BCUT2D eigenvalue weighted by molar-refractivity contribution is 5.69. The summed E-state index contributed by atoms with van der Waals surface area (Å²) in [4.78, 5) is 11.4. The molecule has 0 unspecified atom stereocenters. The van der Waals surface area contributed by atoms with Crippen LogP contribution >= 0.6 is 0 Å². The average Bonchev–Trinajstić information content (AvgIpc) is 2.68. The molecule has 18 heavy (non-hydrogen) atoms. The Morgan fingerprint density at radius 2 is 2.22 bits per heavy atom. The summed E-state index contributed by atoms with van der Waals surface area (Å²) >= 11 is 0. The largest absolute Gasteiger partial charge is 0.462 e. The fourth-order valence-corrected chi connectivity index (χ4v) is 1.28. The van der Waals surface area contributed by atoms with Crippen molar-refractivity contribution >= 4 is 11.8 Å². The first-order valence-corrected chi connectivity index (χ1v) is 6.10. The molecule has 2 N–H and O–H groups in total. The zero-order valence-electron chi connectivity index (χ0n) is 11.0. The summed E-state index contributed by atoms with van der Waals surface area (Å²) in [6, 6.07) is 1.63. The Hall–Kier alpha value is -1.56. The van der Waals surface area contributed by atoms with Crippen LogP contribution in [0, 0.1) is 5.92 Å². The van der Waals surface area contributed by atoms with Gasteiger partial charge in [0.25, 0.3) is 0 Å². The molecule has 0 amide bonds. The first-order chi connectivity index (χ1) is 8.58. The molecule has 0 spiro atoms. The van der Waals surface area contributed by atoms with E-state index in [1.165, 1.54) is 4.68 Å². The van der Waals surface area contributed by atoms with Gasteiger partial charge < -0.3 is 15.2 Å². The van der Waals surface area contributed by atoms with Gasteiger partial charge in [0, 0.05) is 12.8 Å². The van der Waals surface area contributed by atoms with Crippen LogP contribution in [-0.4, -0.2) is 35.6 Å². The van der Waals surface area contributed by atoms with E-state index in [0.717, 1.165) is 6.42 Å². The number of rotatable bonds is 8. The molecule has 0 aliphatic heterocycles. The van der Waals surface area contributed by atoms with Crippen LogP contribution in [0.25, 0.3) is 0 Å². The van der Waals surface area contributed by atoms with Gasteiger partial charge in [0.05, 0.1) is 6.61 Å². The van der Waals surface area contributed by atoms with Gasteiger partial charge in [-0.2, -0.15) is 5.10 Å². The third-order valence-electron chi connectivity index (χ3n) is 2.28. The quantitative estimate of drug-likeness (QED) is 0.555. The lowest BCUT2D eigenvalue weighted by Gasteiger charge is -2.07. The Balaban J connectivity index is 2.03. The van der Waals surface area contributed by atoms with Gasteiger partial charge in [-0.05, 0) is 18.4 Å². The Labute approximate surface area is 107 Å². The highest BCUT2D eigenvalue weighted by Crippen LogP contribution is 1.99. The molecule has 0 radical (unpaired) electrons. The minimum atomic E-state index is -0.342. The highest BCUT2D eigenvalue weighted by Gasteiger charge is 2.05. The van der Waals surface area contributed by atoms with Crippen LogP contribution < -0.4 is 5.73 Å². The minimum absolute atomic E-state index is 0.0726. The Bertz CT molecular complexity index is 363. The molecule has 6 nitrogen and oxygen atoms in total. The number of nitrogen functional groups attached to an aromatic ring is 1. The maximum absolute atomic E-state index is 11.4. The molecule has 0 bridgehead atoms. The predicted octanol–water partition coefficient (Wildman–Crippen LogP) is 1.07. The SMILES string of the molecule is CC(C)CCOCCOC(=O)Cn1ccc(N)n1. The number of carbonyl (C=O) groups excluding carboxylic acids is 1. The third kappa shape index (κ3) is 6.24. The average molecular weight is 255 g/mol. The Morgan fingerprint density at radius 3 is 2.83 bits per heavy atom. The third-order valence-corrected chi connectivity index (χ3v) is 2.28. The van der Waals surface area contributed by atoms with Gasteiger partial charge in [-0.25, -0.2) is 0 Å². The smallest absolute Gasteiger partial charge is 0.327 e. The van der Waals surface area contributed by atoms with Crippen molar-refractivity contribution in [2.75, 3.05) is 25.6 Å². The molecule has 0 saturated heterocycles. The van der Waals surface area contributed by atoms with Crippen molar-refractivity contribution in [3.05, 3.63) is 12.3 Å². The van der Waals surface area contributed by atoms with E-state index in [9.17, 15) is 4.79 Å². The number of hydrogen-bond acceptors (Lipinski definition) is 5. The summed E-state index contributed by atoms with van der Waals surface area (Å²) in [5, 5.41) is 3.89. The molecule has 0 fully saturated rings. The molecule has 1 aromatic rings. The zero-order chi connectivity index (χ0) is 13.4. The lowest BCUT2D eigenvalue weighted by Crippen LogP contribution is -2.17. The molecule has 1 heterocycles. The van der Waals surface area contributed by atoms with E-state index in [1.807, 2.05) is 0 Å². The first-order valence-electron chi connectivity index (χ1n) is 6.10. The van der Waals surface area contributed by atoms with E-state index in [2.05, 4.69) is 18.9 Å². The molecule has 102 valence electrons. The number of carbonyl (C=O) groups is 1. The van der Waals surface area contributed by atoms with E-state index in [0.29, 0.717) is 24.9 Å². The van der Waals surface area contributed by atoms with E-state index in [-0.39, 0.29) is 19.1 Å². The number of anilines is 1. The van der Waals surface area contributed by atoms with Crippen molar-refractivity contribution in [1.29, 1.82) is 0 Å². The number of nitrogens with two attached hydrogens (primary N) is 1. The van der Waals surface area contributed by atoms with Crippen LogP contribution in [0.3, 0.4) is 0 Å². The minimum Gasteiger partial charge on any atom is -0.462 e. The van der Waals surface area contributed by atoms with E-state index in [1.54, 1.807) is 12.3 Å². The number of ether oxygens (including phenoxy) is 2. The standard InChI is InChI=1S/C12H21N3O3/c1-10(2)4-6-17-7-8-18-12(16)9-15-5-3-11(13)14-15/h3,5,10H,4,6-9H2,1-2H3,(H2,13,14). The maximum Gasteiger partial charge on any atom is 0.327 e. The van der Waals surface area contributed by atoms with Crippen LogP contribution in [0.4, 0.5) is 5.82 Å². The molecular formula is C12H21N3O3.